The Balaban J connectivity index is 1.79. The summed E-state index contributed by atoms with van der Waals surface area (Å²) in [6.45, 7) is 0.741. The Morgan fingerprint density at radius 3 is 3.04 bits per heavy atom. The van der Waals surface area contributed by atoms with Crippen molar-refractivity contribution in [2.75, 3.05) is 13.7 Å². The smallest absolute Gasteiger partial charge is 0.216 e. The van der Waals surface area contributed by atoms with Crippen molar-refractivity contribution in [3.05, 3.63) is 52.6 Å². The van der Waals surface area contributed by atoms with Gasteiger partial charge in [-0.05, 0) is 41.9 Å². The van der Waals surface area contributed by atoms with Crippen LogP contribution in [0.2, 0.25) is 0 Å². The predicted molar refractivity (Wildman–Crippen MR) is 98.8 cm³/mol. The molecule has 0 saturated carbocycles. The van der Waals surface area contributed by atoms with Gasteiger partial charge in [0.05, 0.1) is 13.3 Å². The van der Waals surface area contributed by atoms with Crippen LogP contribution in [0.1, 0.15) is 30.3 Å². The standard InChI is InChI=1S/C18H18N4O2S/c1-23-15-9-8-12-5-2-3-6-13(12)14(15)11-19-22-17(20-21-18(22)25)16-7-4-10-24-16/h2-3,5-6,8-9,11,16H,4,7,10H2,1H3,(H,21,25)/b19-11-/t16-/m1/s1. The molecular weight excluding hydrogens is 336 g/mol. The van der Waals surface area contributed by atoms with Gasteiger partial charge in [0.25, 0.3) is 0 Å². The SMILES string of the molecule is COc1ccc2ccccc2c1/C=N\n1c([C@H]2CCCO2)n[nH]c1=S. The Morgan fingerprint density at radius 2 is 2.24 bits per heavy atom. The highest BCUT2D eigenvalue weighted by Crippen LogP contribution is 2.28. The summed E-state index contributed by atoms with van der Waals surface area (Å²) in [5.41, 5.74) is 0.905. The summed E-state index contributed by atoms with van der Waals surface area (Å²) in [7, 11) is 1.66. The van der Waals surface area contributed by atoms with Crippen LogP contribution in [0.5, 0.6) is 5.75 Å². The molecule has 4 rings (SSSR count). The van der Waals surface area contributed by atoms with Crippen LogP contribution in [0.25, 0.3) is 10.8 Å². The molecule has 1 aliphatic rings. The molecule has 0 unspecified atom stereocenters. The first-order chi connectivity index (χ1) is 12.3. The molecule has 1 aromatic heterocycles. The van der Waals surface area contributed by atoms with Crippen molar-refractivity contribution in [3.8, 4) is 5.75 Å². The van der Waals surface area contributed by atoms with Crippen molar-refractivity contribution >= 4 is 29.2 Å². The van der Waals surface area contributed by atoms with E-state index in [0.717, 1.165) is 41.5 Å². The number of hydrogen-bond donors (Lipinski definition) is 1. The third-order valence-electron chi connectivity index (χ3n) is 4.35. The van der Waals surface area contributed by atoms with E-state index in [0.29, 0.717) is 10.6 Å². The minimum atomic E-state index is -0.0699. The van der Waals surface area contributed by atoms with Crippen molar-refractivity contribution in [3.63, 3.8) is 0 Å². The van der Waals surface area contributed by atoms with Crippen LogP contribution in [0, 0.1) is 4.77 Å². The van der Waals surface area contributed by atoms with Crippen LogP contribution in [-0.4, -0.2) is 34.8 Å². The molecule has 2 heterocycles. The lowest BCUT2D eigenvalue weighted by Crippen LogP contribution is -2.05. The number of fused-ring (bicyclic) bond motifs is 1. The van der Waals surface area contributed by atoms with Crippen LogP contribution < -0.4 is 4.74 Å². The van der Waals surface area contributed by atoms with Crippen LogP contribution in [-0.2, 0) is 4.74 Å². The number of H-pyrrole nitrogens is 1. The maximum Gasteiger partial charge on any atom is 0.216 e. The highest BCUT2D eigenvalue weighted by atomic mass is 32.1. The molecule has 128 valence electrons. The number of methoxy groups -OCH3 is 1. The van der Waals surface area contributed by atoms with E-state index in [1.165, 1.54) is 0 Å². The van der Waals surface area contributed by atoms with Gasteiger partial charge in [0.1, 0.15) is 11.9 Å². The largest absolute Gasteiger partial charge is 0.496 e. The topological polar surface area (TPSA) is 64.4 Å². The average Bonchev–Trinajstić information content (AvgIpc) is 3.29. The summed E-state index contributed by atoms with van der Waals surface area (Å²) in [6, 6.07) is 12.1. The molecule has 0 spiro atoms. The van der Waals surface area contributed by atoms with Gasteiger partial charge in [-0.15, -0.1) is 0 Å². The van der Waals surface area contributed by atoms with Gasteiger partial charge in [-0.25, -0.2) is 0 Å². The predicted octanol–water partition coefficient (Wildman–Crippen LogP) is 3.84. The maximum atomic E-state index is 5.71. The number of aromatic nitrogens is 3. The van der Waals surface area contributed by atoms with Gasteiger partial charge in [0, 0.05) is 12.2 Å². The highest BCUT2D eigenvalue weighted by molar-refractivity contribution is 7.71. The molecule has 2 aromatic carbocycles. The zero-order valence-electron chi connectivity index (χ0n) is 13.8. The van der Waals surface area contributed by atoms with Gasteiger partial charge in [-0.1, -0.05) is 30.3 Å². The van der Waals surface area contributed by atoms with Crippen LogP contribution >= 0.6 is 12.2 Å². The molecule has 1 atom stereocenters. The average molecular weight is 354 g/mol. The molecule has 0 amide bonds. The molecular formula is C18H18N4O2S. The second-order valence-corrected chi connectivity index (χ2v) is 6.23. The first kappa shape index (κ1) is 16.0. The number of rotatable bonds is 4. The Kier molecular flexibility index (Phi) is 4.33. The zero-order valence-corrected chi connectivity index (χ0v) is 14.6. The summed E-state index contributed by atoms with van der Waals surface area (Å²) in [5.74, 6) is 1.47. The number of aromatic amines is 1. The summed E-state index contributed by atoms with van der Waals surface area (Å²) in [6.07, 6.45) is 3.64. The molecule has 0 bridgehead atoms. The van der Waals surface area contributed by atoms with Crippen molar-refractivity contribution < 1.29 is 9.47 Å². The third kappa shape index (κ3) is 2.96. The van der Waals surface area contributed by atoms with E-state index < -0.39 is 0 Å². The monoisotopic (exact) mass is 354 g/mol. The summed E-state index contributed by atoms with van der Waals surface area (Å²) >= 11 is 5.33. The molecule has 6 nitrogen and oxygen atoms in total. The molecule has 1 saturated heterocycles. The van der Waals surface area contributed by atoms with Gasteiger partial charge in [0.2, 0.25) is 4.77 Å². The van der Waals surface area contributed by atoms with Crippen molar-refractivity contribution in [1.29, 1.82) is 0 Å². The Hall–Kier alpha value is -2.51. The lowest BCUT2D eigenvalue weighted by atomic mass is 10.0. The number of benzene rings is 2. The van der Waals surface area contributed by atoms with Crippen molar-refractivity contribution in [2.45, 2.75) is 18.9 Å². The lowest BCUT2D eigenvalue weighted by molar-refractivity contribution is 0.102. The molecule has 25 heavy (non-hydrogen) atoms. The van der Waals surface area contributed by atoms with Gasteiger partial charge in [-0.2, -0.15) is 14.9 Å². The molecule has 0 radical (unpaired) electrons. The van der Waals surface area contributed by atoms with E-state index in [4.69, 9.17) is 21.7 Å². The maximum absolute atomic E-state index is 5.71. The third-order valence-corrected chi connectivity index (χ3v) is 4.61. The first-order valence-electron chi connectivity index (χ1n) is 8.17. The molecule has 1 aliphatic heterocycles. The minimum absolute atomic E-state index is 0.0699. The fraction of sp³-hybridized carbons (Fsp3) is 0.278. The lowest BCUT2D eigenvalue weighted by Gasteiger charge is -2.10. The minimum Gasteiger partial charge on any atom is -0.496 e. The Morgan fingerprint density at radius 1 is 1.36 bits per heavy atom. The van der Waals surface area contributed by atoms with E-state index in [-0.39, 0.29) is 6.10 Å². The zero-order chi connectivity index (χ0) is 17.2. The van der Waals surface area contributed by atoms with E-state index in [1.54, 1.807) is 18.0 Å². The van der Waals surface area contributed by atoms with Gasteiger partial charge >= 0.3 is 0 Å². The normalized spacial score (nSPS) is 17.6. The second-order valence-electron chi connectivity index (χ2n) is 5.85. The summed E-state index contributed by atoms with van der Waals surface area (Å²) in [4.78, 5) is 0. The summed E-state index contributed by atoms with van der Waals surface area (Å²) in [5, 5.41) is 13.9. The first-order valence-corrected chi connectivity index (χ1v) is 8.58. The van der Waals surface area contributed by atoms with E-state index in [9.17, 15) is 0 Å². The molecule has 1 fully saturated rings. The number of nitrogens with zero attached hydrogens (tertiary/aromatic N) is 3. The molecule has 7 heteroatoms. The van der Waals surface area contributed by atoms with Gasteiger partial charge in [-0.3, -0.25) is 5.10 Å². The second kappa shape index (κ2) is 6.78. The van der Waals surface area contributed by atoms with Crippen molar-refractivity contribution in [2.24, 2.45) is 5.10 Å². The highest BCUT2D eigenvalue weighted by Gasteiger charge is 2.23. The Bertz CT molecular complexity index is 986. The number of nitrogens with one attached hydrogen (secondary N) is 1. The van der Waals surface area contributed by atoms with Crippen molar-refractivity contribution in [1.82, 2.24) is 14.9 Å². The number of hydrogen-bond acceptors (Lipinski definition) is 5. The fourth-order valence-electron chi connectivity index (χ4n) is 3.11. The van der Waals surface area contributed by atoms with Gasteiger partial charge < -0.3 is 9.47 Å². The molecule has 1 N–H and O–H groups in total. The van der Waals surface area contributed by atoms with Crippen LogP contribution in [0.3, 0.4) is 0 Å². The van der Waals surface area contributed by atoms with E-state index in [1.807, 2.05) is 24.3 Å². The number of ether oxygens (including phenoxy) is 2. The molecule has 3 aromatic rings. The quantitative estimate of drug-likeness (QED) is 0.571. The van der Waals surface area contributed by atoms with E-state index >= 15 is 0 Å². The fourth-order valence-corrected chi connectivity index (χ4v) is 3.29. The van der Waals surface area contributed by atoms with Gasteiger partial charge in [0.15, 0.2) is 5.82 Å². The van der Waals surface area contributed by atoms with E-state index in [2.05, 4.69) is 27.4 Å². The molecule has 0 aliphatic carbocycles. The summed E-state index contributed by atoms with van der Waals surface area (Å²) < 4.78 is 13.3. The Labute approximate surface area is 150 Å². The van der Waals surface area contributed by atoms with Crippen LogP contribution in [0.15, 0.2) is 41.5 Å². The van der Waals surface area contributed by atoms with Crippen LogP contribution in [0.4, 0.5) is 0 Å².